The van der Waals surface area contributed by atoms with Gasteiger partial charge in [0, 0.05) is 10.4 Å². The molecule has 0 aliphatic heterocycles. The highest BCUT2D eigenvalue weighted by Gasteiger charge is 2.33. The third-order valence-corrected chi connectivity index (χ3v) is 7.50. The number of carbonyl (C=O) groups is 2. The van der Waals surface area contributed by atoms with Gasteiger partial charge in [0.15, 0.2) is 0 Å². The lowest BCUT2D eigenvalue weighted by atomic mass is 9.72. The number of anilines is 1. The summed E-state index contributed by atoms with van der Waals surface area (Å²) in [5, 5.41) is 3.49. The molecule has 0 saturated heterocycles. The highest BCUT2D eigenvalue weighted by molar-refractivity contribution is 7.17. The fourth-order valence-electron chi connectivity index (χ4n) is 4.29. The number of nitrogens with two attached hydrogens (primary N) is 1. The molecule has 3 N–H and O–H groups in total. The third-order valence-electron chi connectivity index (χ3n) is 6.33. The van der Waals surface area contributed by atoms with Gasteiger partial charge in [0.25, 0.3) is 11.8 Å². The van der Waals surface area contributed by atoms with Crippen molar-refractivity contribution >= 4 is 28.2 Å². The minimum Gasteiger partial charge on any atom is -0.489 e. The van der Waals surface area contributed by atoms with E-state index in [0.29, 0.717) is 34.4 Å². The summed E-state index contributed by atoms with van der Waals surface area (Å²) in [7, 11) is 0. The Bertz CT molecular complexity index is 1140. The fraction of sp³-hybridized carbons (Fsp3) is 0.333. The highest BCUT2D eigenvalue weighted by atomic mass is 32.1. The van der Waals surface area contributed by atoms with Crippen LogP contribution < -0.4 is 15.8 Å². The number of amides is 2. The van der Waals surface area contributed by atoms with Gasteiger partial charge in [-0.2, -0.15) is 0 Å². The van der Waals surface area contributed by atoms with Crippen molar-refractivity contribution in [2.45, 2.75) is 46.6 Å². The Morgan fingerprint density at radius 3 is 2.42 bits per heavy atom. The molecule has 1 aromatic heterocycles. The van der Waals surface area contributed by atoms with E-state index in [1.807, 2.05) is 30.3 Å². The summed E-state index contributed by atoms with van der Waals surface area (Å²) in [6.45, 7) is 7.22. The van der Waals surface area contributed by atoms with Crippen LogP contribution in [0.1, 0.15) is 63.9 Å². The molecule has 0 saturated carbocycles. The highest BCUT2D eigenvalue weighted by Crippen LogP contribution is 2.44. The second-order valence-electron chi connectivity index (χ2n) is 9.63. The zero-order valence-electron chi connectivity index (χ0n) is 19.3. The molecule has 1 aliphatic rings. The molecule has 2 aromatic carbocycles. The molecule has 1 atom stereocenters. The first-order chi connectivity index (χ1) is 15.7. The van der Waals surface area contributed by atoms with E-state index in [0.717, 1.165) is 35.3 Å². The monoisotopic (exact) mass is 462 g/mol. The van der Waals surface area contributed by atoms with E-state index in [9.17, 15) is 9.59 Å². The molecule has 5 nitrogen and oxygen atoms in total. The number of benzene rings is 2. The van der Waals surface area contributed by atoms with Crippen LogP contribution in [0.5, 0.6) is 5.75 Å². The first-order valence-corrected chi connectivity index (χ1v) is 12.1. The predicted octanol–water partition coefficient (Wildman–Crippen LogP) is 5.83. The molecule has 2 amide bonds. The summed E-state index contributed by atoms with van der Waals surface area (Å²) in [4.78, 5) is 26.3. The number of ether oxygens (including phenoxy) is 1. The molecule has 0 fully saturated rings. The Labute approximate surface area is 199 Å². The molecule has 33 heavy (non-hydrogen) atoms. The van der Waals surface area contributed by atoms with Crippen molar-refractivity contribution in [2.75, 3.05) is 5.32 Å². The van der Waals surface area contributed by atoms with E-state index >= 15 is 0 Å². The lowest BCUT2D eigenvalue weighted by Crippen LogP contribution is -2.27. The van der Waals surface area contributed by atoms with E-state index in [4.69, 9.17) is 10.5 Å². The van der Waals surface area contributed by atoms with Crippen LogP contribution in [0.15, 0.2) is 54.6 Å². The number of thiophene rings is 1. The predicted molar refractivity (Wildman–Crippen MR) is 133 cm³/mol. The molecule has 1 heterocycles. The van der Waals surface area contributed by atoms with E-state index in [1.165, 1.54) is 11.3 Å². The Balaban J connectivity index is 1.47. The number of nitrogens with one attached hydrogen (secondary N) is 1. The summed E-state index contributed by atoms with van der Waals surface area (Å²) in [5.41, 5.74) is 8.97. The molecule has 6 heteroatoms. The van der Waals surface area contributed by atoms with Gasteiger partial charge in [-0.05, 0) is 66.0 Å². The number of carbonyl (C=O) groups excluding carboxylic acids is 2. The van der Waals surface area contributed by atoms with Crippen molar-refractivity contribution < 1.29 is 14.3 Å². The average Bonchev–Trinajstić information content (AvgIpc) is 3.15. The minimum absolute atomic E-state index is 0.197. The Kier molecular flexibility index (Phi) is 6.56. The van der Waals surface area contributed by atoms with Crippen LogP contribution in [0, 0.1) is 11.3 Å². The quantitative estimate of drug-likeness (QED) is 0.484. The van der Waals surface area contributed by atoms with Gasteiger partial charge >= 0.3 is 0 Å². The second-order valence-corrected chi connectivity index (χ2v) is 10.7. The Hall–Kier alpha value is -3.12. The summed E-state index contributed by atoms with van der Waals surface area (Å²) >= 11 is 1.48. The third kappa shape index (κ3) is 5.28. The van der Waals surface area contributed by atoms with Crippen molar-refractivity contribution in [3.8, 4) is 5.75 Å². The smallest absolute Gasteiger partial charge is 0.256 e. The average molecular weight is 463 g/mol. The van der Waals surface area contributed by atoms with Crippen molar-refractivity contribution in [2.24, 2.45) is 17.1 Å². The van der Waals surface area contributed by atoms with Crippen LogP contribution in [0.25, 0.3) is 0 Å². The topological polar surface area (TPSA) is 81.4 Å². The minimum atomic E-state index is -0.485. The molecule has 172 valence electrons. The fourth-order valence-corrected chi connectivity index (χ4v) is 5.62. The zero-order valence-corrected chi connectivity index (χ0v) is 20.1. The van der Waals surface area contributed by atoms with Gasteiger partial charge in [-0.15, -0.1) is 11.3 Å². The van der Waals surface area contributed by atoms with E-state index in [1.54, 1.807) is 24.3 Å². The maximum Gasteiger partial charge on any atom is 0.256 e. The number of rotatable bonds is 6. The first kappa shape index (κ1) is 23.1. The standard InChI is InChI=1S/C27H30N2O3S/c1-27(2,3)19-11-14-21-22(15-19)33-26(23(21)24(28)30)29-25(31)18-9-12-20(13-10-18)32-16-17-7-5-4-6-8-17/h4-10,12-13,19H,11,14-16H2,1-3H3,(H2,28,30)(H,29,31). The SMILES string of the molecule is CC(C)(C)C1CCc2c(sc(NC(=O)c3ccc(OCc4ccccc4)cc3)c2C(N)=O)C1. The second kappa shape index (κ2) is 9.40. The number of hydrogen-bond donors (Lipinski definition) is 2. The van der Waals surface area contributed by atoms with Crippen molar-refractivity contribution in [3.05, 3.63) is 81.7 Å². The van der Waals surface area contributed by atoms with Crippen molar-refractivity contribution in [3.63, 3.8) is 0 Å². The van der Waals surface area contributed by atoms with Crippen molar-refractivity contribution in [1.29, 1.82) is 0 Å². The van der Waals surface area contributed by atoms with Crippen LogP contribution in [0.4, 0.5) is 5.00 Å². The molecular weight excluding hydrogens is 432 g/mol. The molecule has 0 spiro atoms. The molecule has 0 radical (unpaired) electrons. The van der Waals surface area contributed by atoms with Crippen LogP contribution in [-0.2, 0) is 19.4 Å². The molecule has 1 unspecified atom stereocenters. The lowest BCUT2D eigenvalue weighted by Gasteiger charge is -2.33. The van der Waals surface area contributed by atoms with Gasteiger partial charge in [0.05, 0.1) is 5.56 Å². The van der Waals surface area contributed by atoms with Gasteiger partial charge in [-0.1, -0.05) is 51.1 Å². The molecule has 0 bridgehead atoms. The summed E-state index contributed by atoms with van der Waals surface area (Å²) < 4.78 is 5.80. The van der Waals surface area contributed by atoms with Gasteiger partial charge in [0.2, 0.25) is 0 Å². The van der Waals surface area contributed by atoms with Crippen LogP contribution >= 0.6 is 11.3 Å². The largest absolute Gasteiger partial charge is 0.489 e. The van der Waals surface area contributed by atoms with Gasteiger partial charge in [-0.25, -0.2) is 0 Å². The van der Waals surface area contributed by atoms with Gasteiger partial charge < -0.3 is 15.8 Å². The molecule has 4 rings (SSSR count). The summed E-state index contributed by atoms with van der Waals surface area (Å²) in [6, 6.07) is 16.9. The number of hydrogen-bond acceptors (Lipinski definition) is 4. The Morgan fingerprint density at radius 1 is 1.09 bits per heavy atom. The zero-order chi connectivity index (χ0) is 23.6. The van der Waals surface area contributed by atoms with E-state index < -0.39 is 5.91 Å². The normalized spacial score (nSPS) is 15.5. The van der Waals surface area contributed by atoms with Crippen LogP contribution in [0.3, 0.4) is 0 Å². The van der Waals surface area contributed by atoms with Crippen LogP contribution in [0.2, 0.25) is 0 Å². The Morgan fingerprint density at radius 2 is 1.79 bits per heavy atom. The van der Waals surface area contributed by atoms with Crippen molar-refractivity contribution in [1.82, 2.24) is 0 Å². The van der Waals surface area contributed by atoms with E-state index in [2.05, 4.69) is 26.1 Å². The molecular formula is C27H30N2O3S. The first-order valence-electron chi connectivity index (χ1n) is 11.2. The maximum absolute atomic E-state index is 12.9. The lowest BCUT2D eigenvalue weighted by molar-refractivity contribution is 0.1000. The number of primary amides is 1. The maximum atomic E-state index is 12.9. The van der Waals surface area contributed by atoms with Crippen LogP contribution in [-0.4, -0.2) is 11.8 Å². The molecule has 3 aromatic rings. The summed E-state index contributed by atoms with van der Waals surface area (Å²) in [6.07, 6.45) is 2.74. The van der Waals surface area contributed by atoms with E-state index in [-0.39, 0.29) is 11.3 Å². The molecule has 1 aliphatic carbocycles. The number of fused-ring (bicyclic) bond motifs is 1. The van der Waals surface area contributed by atoms with Gasteiger partial charge in [-0.3, -0.25) is 9.59 Å². The summed E-state index contributed by atoms with van der Waals surface area (Å²) in [5.74, 6) is 0.476. The van der Waals surface area contributed by atoms with Gasteiger partial charge in [0.1, 0.15) is 17.4 Å².